The van der Waals surface area contributed by atoms with E-state index in [9.17, 15) is 14.7 Å². The topological polar surface area (TPSA) is 69.6 Å². The Morgan fingerprint density at radius 1 is 1.00 bits per heavy atom. The van der Waals surface area contributed by atoms with Crippen molar-refractivity contribution in [2.24, 2.45) is 0 Å². The molecule has 1 heterocycles. The molecule has 2 N–H and O–H groups in total. The van der Waals surface area contributed by atoms with Crippen LogP contribution in [0.3, 0.4) is 0 Å². The Labute approximate surface area is 101 Å². The van der Waals surface area contributed by atoms with Gasteiger partial charge in [-0.2, -0.15) is 0 Å². The zero-order chi connectivity index (χ0) is 12.3. The molecule has 2 rings (SSSR count). The molecule has 0 aromatic rings. The molecule has 5 heteroatoms. The quantitative estimate of drug-likeness (QED) is 0.770. The first-order valence-corrected chi connectivity index (χ1v) is 6.45. The van der Waals surface area contributed by atoms with Gasteiger partial charge in [0.1, 0.15) is 5.54 Å². The summed E-state index contributed by atoms with van der Waals surface area (Å²) in [7, 11) is 0. The zero-order valence-electron chi connectivity index (χ0n) is 10.1. The maximum atomic E-state index is 12.0. The lowest BCUT2D eigenvalue weighted by Crippen LogP contribution is -2.58. The van der Waals surface area contributed by atoms with Crippen molar-refractivity contribution in [2.75, 3.05) is 13.1 Å². The van der Waals surface area contributed by atoms with Gasteiger partial charge in [-0.25, -0.2) is 9.59 Å². The maximum Gasteiger partial charge on any atom is 0.329 e. The predicted molar refractivity (Wildman–Crippen MR) is 62.8 cm³/mol. The van der Waals surface area contributed by atoms with Gasteiger partial charge >= 0.3 is 12.0 Å². The highest BCUT2D eigenvalue weighted by molar-refractivity contribution is 5.86. The molecular weight excluding hydrogens is 220 g/mol. The summed E-state index contributed by atoms with van der Waals surface area (Å²) in [5, 5.41) is 12.1. The lowest BCUT2D eigenvalue weighted by Gasteiger charge is -2.35. The highest BCUT2D eigenvalue weighted by atomic mass is 16.4. The van der Waals surface area contributed by atoms with Gasteiger partial charge in [0.25, 0.3) is 0 Å². The average molecular weight is 240 g/mol. The Balaban J connectivity index is 2.01. The van der Waals surface area contributed by atoms with Gasteiger partial charge in [-0.15, -0.1) is 0 Å². The number of carbonyl (C=O) groups is 2. The summed E-state index contributed by atoms with van der Waals surface area (Å²) in [6.07, 6.45) is 5.98. The number of hydrogen-bond donors (Lipinski definition) is 2. The molecule has 1 aliphatic heterocycles. The van der Waals surface area contributed by atoms with Crippen LogP contribution in [0.1, 0.15) is 44.9 Å². The SMILES string of the molecule is O=C(NC1(C(=O)O)CCCCC1)N1CCCC1. The Morgan fingerprint density at radius 3 is 2.12 bits per heavy atom. The van der Waals surface area contributed by atoms with Crippen molar-refractivity contribution >= 4 is 12.0 Å². The number of carbonyl (C=O) groups excluding carboxylic acids is 1. The van der Waals surface area contributed by atoms with Crippen LogP contribution in [0.4, 0.5) is 4.79 Å². The minimum absolute atomic E-state index is 0.202. The van der Waals surface area contributed by atoms with Crippen LogP contribution in [0.2, 0.25) is 0 Å². The molecule has 5 nitrogen and oxygen atoms in total. The fourth-order valence-electron chi connectivity index (χ4n) is 2.75. The monoisotopic (exact) mass is 240 g/mol. The van der Waals surface area contributed by atoms with Crippen LogP contribution in [-0.4, -0.2) is 40.6 Å². The fraction of sp³-hybridized carbons (Fsp3) is 0.833. The van der Waals surface area contributed by atoms with Gasteiger partial charge < -0.3 is 15.3 Å². The maximum absolute atomic E-state index is 12.0. The van der Waals surface area contributed by atoms with E-state index >= 15 is 0 Å². The van der Waals surface area contributed by atoms with E-state index in [0.29, 0.717) is 12.8 Å². The molecule has 0 spiro atoms. The van der Waals surface area contributed by atoms with Gasteiger partial charge in [-0.3, -0.25) is 0 Å². The summed E-state index contributed by atoms with van der Waals surface area (Å²) < 4.78 is 0. The molecule has 0 atom stereocenters. The molecule has 17 heavy (non-hydrogen) atoms. The Kier molecular flexibility index (Phi) is 3.54. The van der Waals surface area contributed by atoms with Crippen LogP contribution >= 0.6 is 0 Å². The van der Waals surface area contributed by atoms with Gasteiger partial charge in [0.15, 0.2) is 0 Å². The predicted octanol–water partition coefficient (Wildman–Crippen LogP) is 1.58. The molecule has 2 fully saturated rings. The normalized spacial score (nSPS) is 23.4. The molecule has 0 aromatic carbocycles. The summed E-state index contributed by atoms with van der Waals surface area (Å²) in [5.41, 5.74) is -1.02. The summed E-state index contributed by atoms with van der Waals surface area (Å²) >= 11 is 0. The number of carboxylic acids is 1. The van der Waals surface area contributed by atoms with Crippen molar-refractivity contribution < 1.29 is 14.7 Å². The number of nitrogens with one attached hydrogen (secondary N) is 1. The number of carboxylic acid groups (broad SMARTS) is 1. The molecule has 2 amide bonds. The second-order valence-electron chi connectivity index (χ2n) is 5.07. The van der Waals surface area contributed by atoms with Crippen molar-refractivity contribution in [2.45, 2.75) is 50.5 Å². The van der Waals surface area contributed by atoms with E-state index in [1.54, 1.807) is 4.90 Å². The second kappa shape index (κ2) is 4.94. The summed E-state index contributed by atoms with van der Waals surface area (Å²) in [4.78, 5) is 25.1. The standard InChI is InChI=1S/C12H20N2O3/c15-10(16)12(6-2-1-3-7-12)13-11(17)14-8-4-5-9-14/h1-9H2,(H,13,17)(H,15,16). The number of nitrogens with zero attached hydrogens (tertiary/aromatic N) is 1. The third-order valence-corrected chi connectivity index (χ3v) is 3.86. The molecule has 0 radical (unpaired) electrons. The first-order chi connectivity index (χ1) is 8.14. The van der Waals surface area contributed by atoms with E-state index in [2.05, 4.69) is 5.32 Å². The van der Waals surface area contributed by atoms with Gasteiger partial charge in [-0.05, 0) is 25.7 Å². The number of likely N-dealkylation sites (tertiary alicyclic amines) is 1. The number of urea groups is 1. The van der Waals surface area contributed by atoms with Crippen molar-refractivity contribution in [1.29, 1.82) is 0 Å². The van der Waals surface area contributed by atoms with E-state index < -0.39 is 11.5 Å². The summed E-state index contributed by atoms with van der Waals surface area (Å²) in [6.45, 7) is 1.50. The van der Waals surface area contributed by atoms with Crippen molar-refractivity contribution in [1.82, 2.24) is 10.2 Å². The first kappa shape index (κ1) is 12.2. The summed E-state index contributed by atoms with van der Waals surface area (Å²) in [6, 6.07) is -0.202. The highest BCUT2D eigenvalue weighted by Gasteiger charge is 2.41. The minimum atomic E-state index is -1.02. The fourth-order valence-corrected chi connectivity index (χ4v) is 2.75. The largest absolute Gasteiger partial charge is 0.480 e. The zero-order valence-corrected chi connectivity index (χ0v) is 10.1. The average Bonchev–Trinajstić information content (AvgIpc) is 2.83. The third-order valence-electron chi connectivity index (χ3n) is 3.86. The van der Waals surface area contributed by atoms with Crippen LogP contribution in [0, 0.1) is 0 Å². The van der Waals surface area contributed by atoms with Gasteiger partial charge in [0, 0.05) is 13.1 Å². The van der Waals surface area contributed by atoms with Crippen molar-refractivity contribution in [3.8, 4) is 0 Å². The molecule has 1 saturated heterocycles. The molecule has 0 aromatic heterocycles. The van der Waals surface area contributed by atoms with Gasteiger partial charge in [-0.1, -0.05) is 19.3 Å². The molecule has 96 valence electrons. The number of amides is 2. The molecule has 2 aliphatic rings. The van der Waals surface area contributed by atoms with Crippen LogP contribution in [0.15, 0.2) is 0 Å². The Hall–Kier alpha value is -1.26. The number of hydrogen-bond acceptors (Lipinski definition) is 2. The Morgan fingerprint density at radius 2 is 1.59 bits per heavy atom. The van der Waals surface area contributed by atoms with E-state index in [1.807, 2.05) is 0 Å². The van der Waals surface area contributed by atoms with Crippen molar-refractivity contribution in [3.63, 3.8) is 0 Å². The van der Waals surface area contributed by atoms with Crippen LogP contribution < -0.4 is 5.32 Å². The molecule has 0 bridgehead atoms. The highest BCUT2D eigenvalue weighted by Crippen LogP contribution is 2.29. The van der Waals surface area contributed by atoms with E-state index in [-0.39, 0.29) is 6.03 Å². The lowest BCUT2D eigenvalue weighted by molar-refractivity contribution is -0.145. The van der Waals surface area contributed by atoms with Gasteiger partial charge in [0.05, 0.1) is 0 Å². The number of rotatable bonds is 2. The van der Waals surface area contributed by atoms with Crippen LogP contribution in [0.25, 0.3) is 0 Å². The number of aliphatic carboxylic acids is 1. The van der Waals surface area contributed by atoms with E-state index in [4.69, 9.17) is 0 Å². The van der Waals surface area contributed by atoms with E-state index in [0.717, 1.165) is 45.2 Å². The van der Waals surface area contributed by atoms with Crippen LogP contribution in [0.5, 0.6) is 0 Å². The minimum Gasteiger partial charge on any atom is -0.480 e. The second-order valence-corrected chi connectivity index (χ2v) is 5.07. The molecule has 0 unspecified atom stereocenters. The molecule has 1 aliphatic carbocycles. The van der Waals surface area contributed by atoms with E-state index in [1.165, 1.54) is 0 Å². The van der Waals surface area contributed by atoms with Crippen LogP contribution in [-0.2, 0) is 4.79 Å². The molecular formula is C12H20N2O3. The third kappa shape index (κ3) is 2.53. The molecule has 1 saturated carbocycles. The van der Waals surface area contributed by atoms with Gasteiger partial charge in [0.2, 0.25) is 0 Å². The summed E-state index contributed by atoms with van der Waals surface area (Å²) in [5.74, 6) is -0.884. The Bertz CT molecular complexity index is 305. The van der Waals surface area contributed by atoms with Crippen molar-refractivity contribution in [3.05, 3.63) is 0 Å². The lowest BCUT2D eigenvalue weighted by atomic mass is 9.82. The smallest absolute Gasteiger partial charge is 0.329 e. The first-order valence-electron chi connectivity index (χ1n) is 6.45.